The van der Waals surface area contributed by atoms with Crippen LogP contribution in [0.5, 0.6) is 0 Å². The second-order valence-electron chi connectivity index (χ2n) is 6.17. The Morgan fingerprint density at radius 1 is 1.00 bits per heavy atom. The van der Waals surface area contributed by atoms with Crippen molar-refractivity contribution in [2.75, 3.05) is 16.9 Å². The molecule has 0 saturated heterocycles. The van der Waals surface area contributed by atoms with Crippen LogP contribution in [0.25, 0.3) is 0 Å². The fraction of sp³-hybridized carbons (Fsp3) is 0.158. The second-order valence-corrected chi connectivity index (χ2v) is 6.17. The molecule has 4 rings (SSSR count). The molecule has 2 aromatic carbocycles. The van der Waals surface area contributed by atoms with Crippen molar-refractivity contribution in [2.45, 2.75) is 13.1 Å². The molecule has 1 aliphatic rings. The van der Waals surface area contributed by atoms with E-state index < -0.39 is 11.2 Å². The molecule has 0 bridgehead atoms. The fourth-order valence-electron chi connectivity index (χ4n) is 3.13. The van der Waals surface area contributed by atoms with Gasteiger partial charge < -0.3 is 10.2 Å². The molecule has 6 nitrogen and oxygen atoms in total. The molecule has 132 valence electrons. The van der Waals surface area contributed by atoms with Crippen LogP contribution in [0.4, 0.5) is 15.9 Å². The molecule has 26 heavy (non-hydrogen) atoms. The first-order valence-corrected chi connectivity index (χ1v) is 8.26. The minimum Gasteiger partial charge on any atom is -0.353 e. The van der Waals surface area contributed by atoms with Crippen LogP contribution in [0.15, 0.2) is 64.2 Å². The van der Waals surface area contributed by atoms with Gasteiger partial charge in [0, 0.05) is 5.69 Å². The summed E-state index contributed by atoms with van der Waals surface area (Å²) in [5.41, 5.74) is 1.39. The van der Waals surface area contributed by atoms with Crippen LogP contribution in [-0.2, 0) is 13.1 Å². The number of benzene rings is 2. The normalized spacial score (nSPS) is 13.2. The van der Waals surface area contributed by atoms with Gasteiger partial charge in [-0.3, -0.25) is 14.3 Å². The number of aromatic nitrogens is 2. The third-order valence-electron chi connectivity index (χ3n) is 4.46. The first-order chi connectivity index (χ1) is 12.6. The van der Waals surface area contributed by atoms with Gasteiger partial charge >= 0.3 is 5.69 Å². The molecule has 3 aromatic rings. The zero-order chi connectivity index (χ0) is 18.1. The van der Waals surface area contributed by atoms with Gasteiger partial charge in [0.2, 0.25) is 0 Å². The van der Waals surface area contributed by atoms with Gasteiger partial charge in [-0.25, -0.2) is 9.18 Å². The lowest BCUT2D eigenvalue weighted by molar-refractivity contribution is 0.627. The number of anilines is 2. The van der Waals surface area contributed by atoms with Gasteiger partial charge in [0.25, 0.3) is 5.56 Å². The van der Waals surface area contributed by atoms with Crippen molar-refractivity contribution < 1.29 is 4.39 Å². The van der Waals surface area contributed by atoms with E-state index in [0.29, 0.717) is 31.1 Å². The van der Waals surface area contributed by atoms with Crippen LogP contribution in [0, 0.1) is 5.82 Å². The molecule has 0 aliphatic carbocycles. The van der Waals surface area contributed by atoms with Crippen molar-refractivity contribution in [2.24, 2.45) is 0 Å². The largest absolute Gasteiger partial charge is 0.353 e. The Hall–Kier alpha value is -3.35. The molecule has 0 fully saturated rings. The highest BCUT2D eigenvalue weighted by Crippen LogP contribution is 2.23. The number of aromatic amines is 1. The lowest BCUT2D eigenvalue weighted by Gasteiger charge is -2.32. The van der Waals surface area contributed by atoms with E-state index in [9.17, 15) is 14.0 Å². The van der Waals surface area contributed by atoms with E-state index in [1.54, 1.807) is 12.1 Å². The molecule has 0 amide bonds. The molecule has 0 radical (unpaired) electrons. The second kappa shape index (κ2) is 6.51. The molecule has 0 unspecified atom stereocenters. The number of hydrogen-bond donors (Lipinski definition) is 2. The zero-order valence-corrected chi connectivity index (χ0v) is 13.9. The fourth-order valence-corrected chi connectivity index (χ4v) is 3.13. The maximum atomic E-state index is 13.1. The van der Waals surface area contributed by atoms with Crippen molar-refractivity contribution in [1.29, 1.82) is 0 Å². The third-order valence-corrected chi connectivity index (χ3v) is 4.46. The molecule has 2 N–H and O–H groups in total. The van der Waals surface area contributed by atoms with Crippen molar-refractivity contribution >= 4 is 11.5 Å². The Morgan fingerprint density at radius 2 is 1.73 bits per heavy atom. The van der Waals surface area contributed by atoms with Gasteiger partial charge in [0.1, 0.15) is 11.6 Å². The van der Waals surface area contributed by atoms with Crippen molar-refractivity contribution in [1.82, 2.24) is 9.55 Å². The summed E-state index contributed by atoms with van der Waals surface area (Å²) >= 11 is 0. The van der Waals surface area contributed by atoms with Crippen LogP contribution in [0.1, 0.15) is 11.1 Å². The lowest BCUT2D eigenvalue weighted by Crippen LogP contribution is -2.43. The van der Waals surface area contributed by atoms with Crippen molar-refractivity contribution in [3.63, 3.8) is 0 Å². The third kappa shape index (κ3) is 2.99. The molecule has 0 saturated carbocycles. The summed E-state index contributed by atoms with van der Waals surface area (Å²) in [6.45, 7) is 1.11. The van der Waals surface area contributed by atoms with Crippen molar-refractivity contribution in [3.8, 4) is 0 Å². The van der Waals surface area contributed by atoms with Gasteiger partial charge in [0.15, 0.2) is 0 Å². The highest BCUT2D eigenvalue weighted by Gasteiger charge is 2.23. The SMILES string of the molecule is O=c1[nH]c(=O)n(Cc2ccccc2)c2c1CN(c1ccc(F)cc1)CN2. The summed E-state index contributed by atoms with van der Waals surface area (Å²) in [7, 11) is 0. The minimum absolute atomic E-state index is 0.311. The maximum absolute atomic E-state index is 13.1. The number of fused-ring (bicyclic) bond motifs is 1. The summed E-state index contributed by atoms with van der Waals surface area (Å²) in [5.74, 6) is 0.217. The summed E-state index contributed by atoms with van der Waals surface area (Å²) in [4.78, 5) is 28.9. The molecule has 7 heteroatoms. The number of rotatable bonds is 3. The van der Waals surface area contributed by atoms with Crippen LogP contribution in [-0.4, -0.2) is 16.2 Å². The predicted octanol–water partition coefficient (Wildman–Crippen LogP) is 2.11. The van der Waals surface area contributed by atoms with Crippen molar-refractivity contribution in [3.05, 3.63) is 92.4 Å². The van der Waals surface area contributed by atoms with E-state index in [2.05, 4.69) is 10.3 Å². The number of H-pyrrole nitrogens is 1. The zero-order valence-electron chi connectivity index (χ0n) is 13.9. The predicted molar refractivity (Wildman–Crippen MR) is 97.9 cm³/mol. The smallest absolute Gasteiger partial charge is 0.330 e. The van der Waals surface area contributed by atoms with E-state index in [0.717, 1.165) is 11.3 Å². The topological polar surface area (TPSA) is 70.1 Å². The highest BCUT2D eigenvalue weighted by molar-refractivity contribution is 5.55. The molecule has 0 spiro atoms. The van der Waals surface area contributed by atoms with Crippen LogP contribution in [0.2, 0.25) is 0 Å². The molecule has 0 atom stereocenters. The number of nitrogens with one attached hydrogen (secondary N) is 2. The van der Waals surface area contributed by atoms with E-state index >= 15 is 0 Å². The van der Waals surface area contributed by atoms with E-state index in [4.69, 9.17) is 0 Å². The van der Waals surface area contributed by atoms with E-state index in [-0.39, 0.29) is 5.82 Å². The maximum Gasteiger partial charge on any atom is 0.330 e. The molecule has 1 aromatic heterocycles. The highest BCUT2D eigenvalue weighted by atomic mass is 19.1. The molecule has 2 heterocycles. The van der Waals surface area contributed by atoms with E-state index in [1.807, 2.05) is 35.2 Å². The lowest BCUT2D eigenvalue weighted by atomic mass is 10.2. The Labute approximate surface area is 148 Å². The average molecular weight is 352 g/mol. The first kappa shape index (κ1) is 16.1. The number of nitrogens with zero attached hydrogens (tertiary/aromatic N) is 2. The summed E-state index contributed by atoms with van der Waals surface area (Å²) in [6, 6.07) is 15.7. The van der Waals surface area contributed by atoms with Crippen LogP contribution >= 0.6 is 0 Å². The Kier molecular flexibility index (Phi) is 4.04. The molecule has 1 aliphatic heterocycles. The van der Waals surface area contributed by atoms with Gasteiger partial charge in [-0.15, -0.1) is 0 Å². The van der Waals surface area contributed by atoms with Gasteiger partial charge in [-0.2, -0.15) is 0 Å². The Bertz CT molecular complexity index is 1040. The summed E-state index contributed by atoms with van der Waals surface area (Å²) in [6.07, 6.45) is 0. The van der Waals surface area contributed by atoms with Gasteiger partial charge in [0.05, 0.1) is 25.3 Å². The Balaban J connectivity index is 1.71. The first-order valence-electron chi connectivity index (χ1n) is 8.26. The van der Waals surface area contributed by atoms with Gasteiger partial charge in [-0.05, 0) is 29.8 Å². The molecular formula is C19H17FN4O2. The van der Waals surface area contributed by atoms with Crippen LogP contribution in [0.3, 0.4) is 0 Å². The summed E-state index contributed by atoms with van der Waals surface area (Å²) < 4.78 is 14.7. The van der Waals surface area contributed by atoms with Crippen LogP contribution < -0.4 is 21.5 Å². The number of hydrogen-bond acceptors (Lipinski definition) is 4. The van der Waals surface area contributed by atoms with Gasteiger partial charge in [-0.1, -0.05) is 30.3 Å². The standard InChI is InChI=1S/C19H17FN4O2/c20-14-6-8-15(9-7-14)23-11-16-17(21-12-23)24(19(26)22-18(16)25)10-13-4-2-1-3-5-13/h1-9,21H,10-12H2,(H,22,25,26). The average Bonchev–Trinajstić information content (AvgIpc) is 2.66. The van der Waals surface area contributed by atoms with E-state index in [1.165, 1.54) is 16.7 Å². The quantitative estimate of drug-likeness (QED) is 0.758. The summed E-state index contributed by atoms with van der Waals surface area (Å²) in [5, 5.41) is 3.17. The molecular weight excluding hydrogens is 335 g/mol. The monoisotopic (exact) mass is 352 g/mol. The Morgan fingerprint density at radius 3 is 2.46 bits per heavy atom. The minimum atomic E-state index is -0.444. The number of halogens is 1.